The average Bonchev–Trinajstić information content (AvgIpc) is 2.57. The molecule has 1 aliphatic rings. The van der Waals surface area contributed by atoms with Gasteiger partial charge in [0.1, 0.15) is 11.5 Å². The van der Waals surface area contributed by atoms with E-state index in [0.29, 0.717) is 23.3 Å². The van der Waals surface area contributed by atoms with Gasteiger partial charge in [0.2, 0.25) is 0 Å². The fourth-order valence-electron chi connectivity index (χ4n) is 2.70. The molecule has 0 fully saturated rings. The second kappa shape index (κ2) is 6.12. The molecule has 3 rings (SSSR count). The molecule has 1 N–H and O–H groups in total. The van der Waals surface area contributed by atoms with E-state index >= 15 is 0 Å². The highest BCUT2D eigenvalue weighted by Crippen LogP contribution is 2.31. The molecule has 118 valence electrons. The van der Waals surface area contributed by atoms with Crippen LogP contribution in [-0.4, -0.2) is 30.6 Å². The number of ketones is 1. The van der Waals surface area contributed by atoms with E-state index in [1.165, 1.54) is 19.2 Å². The topological polar surface area (TPSA) is 72.8 Å². The summed E-state index contributed by atoms with van der Waals surface area (Å²) >= 11 is 0. The van der Waals surface area contributed by atoms with Crippen LogP contribution < -0.4 is 4.74 Å². The number of benzene rings is 2. The Morgan fingerprint density at radius 2 is 2.13 bits per heavy atom. The van der Waals surface area contributed by atoms with E-state index in [1.54, 1.807) is 24.3 Å². The number of aromatic hydroxyl groups is 1. The first kappa shape index (κ1) is 15.1. The number of esters is 1. The lowest BCUT2D eigenvalue weighted by molar-refractivity contribution is 0.0600. The van der Waals surface area contributed by atoms with Crippen LogP contribution in [0.25, 0.3) is 0 Å². The summed E-state index contributed by atoms with van der Waals surface area (Å²) in [4.78, 5) is 24.1. The van der Waals surface area contributed by atoms with Gasteiger partial charge in [-0.25, -0.2) is 4.79 Å². The van der Waals surface area contributed by atoms with Gasteiger partial charge in [-0.1, -0.05) is 12.1 Å². The van der Waals surface area contributed by atoms with Crippen molar-refractivity contribution in [2.75, 3.05) is 13.7 Å². The molecule has 5 heteroatoms. The van der Waals surface area contributed by atoms with Crippen molar-refractivity contribution in [3.63, 3.8) is 0 Å². The zero-order chi connectivity index (χ0) is 16.4. The number of rotatable bonds is 3. The summed E-state index contributed by atoms with van der Waals surface area (Å²) in [6.07, 6.45) is 0.457. The minimum Gasteiger partial charge on any atom is -0.508 e. The Bertz CT molecular complexity index is 766. The van der Waals surface area contributed by atoms with Crippen LogP contribution in [0.1, 0.15) is 26.3 Å². The van der Waals surface area contributed by atoms with Crippen molar-refractivity contribution in [3.8, 4) is 11.5 Å². The smallest absolute Gasteiger partial charge is 0.337 e. The van der Waals surface area contributed by atoms with E-state index in [4.69, 9.17) is 9.47 Å². The first-order valence-electron chi connectivity index (χ1n) is 7.26. The Hall–Kier alpha value is -2.82. The third-order valence-corrected chi connectivity index (χ3v) is 3.87. The number of hydrogen-bond donors (Lipinski definition) is 1. The molecule has 0 saturated carbocycles. The number of methoxy groups -OCH3 is 1. The van der Waals surface area contributed by atoms with Gasteiger partial charge in [-0.15, -0.1) is 0 Å². The van der Waals surface area contributed by atoms with Crippen molar-refractivity contribution in [3.05, 3.63) is 59.2 Å². The highest BCUT2D eigenvalue weighted by Gasteiger charge is 2.29. The molecule has 5 nitrogen and oxygen atoms in total. The third-order valence-electron chi connectivity index (χ3n) is 3.87. The molecule has 1 unspecified atom stereocenters. The molecule has 0 spiro atoms. The zero-order valence-electron chi connectivity index (χ0n) is 12.6. The van der Waals surface area contributed by atoms with E-state index in [-0.39, 0.29) is 24.1 Å². The summed E-state index contributed by atoms with van der Waals surface area (Å²) in [5.41, 5.74) is 1.70. The van der Waals surface area contributed by atoms with Gasteiger partial charge in [0.15, 0.2) is 5.78 Å². The van der Waals surface area contributed by atoms with Crippen molar-refractivity contribution >= 4 is 11.8 Å². The maximum absolute atomic E-state index is 12.6. The summed E-state index contributed by atoms with van der Waals surface area (Å²) in [5.74, 6) is -0.294. The molecular weight excluding hydrogens is 296 g/mol. The van der Waals surface area contributed by atoms with E-state index in [1.807, 2.05) is 6.07 Å². The Labute approximate surface area is 133 Å². The molecule has 0 amide bonds. The van der Waals surface area contributed by atoms with E-state index in [2.05, 4.69) is 0 Å². The van der Waals surface area contributed by atoms with Crippen molar-refractivity contribution in [1.29, 1.82) is 0 Å². The highest BCUT2D eigenvalue weighted by molar-refractivity contribution is 6.01. The summed E-state index contributed by atoms with van der Waals surface area (Å²) in [7, 11) is 1.33. The molecule has 0 aromatic heterocycles. The number of carbonyl (C=O) groups is 2. The van der Waals surface area contributed by atoms with Gasteiger partial charge in [0.25, 0.3) is 0 Å². The lowest BCUT2D eigenvalue weighted by Crippen LogP contribution is -2.29. The summed E-state index contributed by atoms with van der Waals surface area (Å²) < 4.78 is 10.3. The molecule has 0 saturated heterocycles. The second-order valence-corrected chi connectivity index (χ2v) is 5.45. The van der Waals surface area contributed by atoms with Gasteiger partial charge >= 0.3 is 5.97 Å². The molecular formula is C18H16O5. The van der Waals surface area contributed by atoms with E-state index in [0.717, 1.165) is 5.56 Å². The maximum atomic E-state index is 12.6. The predicted octanol–water partition coefficient (Wildman–Crippen LogP) is 2.61. The first-order valence-corrected chi connectivity index (χ1v) is 7.26. The lowest BCUT2D eigenvalue weighted by Gasteiger charge is -2.24. The molecule has 2 aromatic rings. The quantitative estimate of drug-likeness (QED) is 0.882. The molecule has 1 atom stereocenters. The summed E-state index contributed by atoms with van der Waals surface area (Å²) in [6, 6.07) is 11.5. The van der Waals surface area contributed by atoms with Gasteiger partial charge < -0.3 is 14.6 Å². The van der Waals surface area contributed by atoms with Gasteiger partial charge in [-0.2, -0.15) is 0 Å². The molecule has 2 aromatic carbocycles. The van der Waals surface area contributed by atoms with Crippen LogP contribution in [0.4, 0.5) is 0 Å². The molecule has 0 aliphatic carbocycles. The number of phenolic OH excluding ortho intramolecular Hbond substituents is 1. The number of hydrogen-bond acceptors (Lipinski definition) is 5. The number of ether oxygens (including phenoxy) is 2. The van der Waals surface area contributed by atoms with Crippen molar-refractivity contribution in [2.45, 2.75) is 6.42 Å². The summed E-state index contributed by atoms with van der Waals surface area (Å²) in [6.45, 7) is 0.277. The van der Waals surface area contributed by atoms with Crippen LogP contribution in [0.15, 0.2) is 42.5 Å². The number of fused-ring (bicyclic) bond motifs is 1. The maximum Gasteiger partial charge on any atom is 0.337 e. The van der Waals surface area contributed by atoms with Gasteiger partial charge in [0.05, 0.1) is 30.8 Å². The van der Waals surface area contributed by atoms with E-state index in [9.17, 15) is 14.7 Å². The third kappa shape index (κ3) is 3.04. The summed E-state index contributed by atoms with van der Waals surface area (Å²) in [5, 5.41) is 9.55. The normalized spacial score (nSPS) is 16.4. The lowest BCUT2D eigenvalue weighted by atomic mass is 9.89. The SMILES string of the molecule is COC(=O)c1cccc(CC2COc3ccc(O)cc3C2=O)c1. The Balaban J connectivity index is 1.82. The Morgan fingerprint density at radius 1 is 1.30 bits per heavy atom. The highest BCUT2D eigenvalue weighted by atomic mass is 16.5. The van der Waals surface area contributed by atoms with Crippen LogP contribution in [0.2, 0.25) is 0 Å². The standard InChI is InChI=1S/C18H16O5/c1-22-18(21)12-4-2-3-11(7-12)8-13-10-23-16-6-5-14(19)9-15(16)17(13)20/h2-7,9,13,19H,8,10H2,1H3. The Morgan fingerprint density at radius 3 is 2.91 bits per heavy atom. The number of carbonyl (C=O) groups excluding carboxylic acids is 2. The zero-order valence-corrected chi connectivity index (χ0v) is 12.6. The number of phenols is 1. The van der Waals surface area contributed by atoms with Gasteiger partial charge in [-0.3, -0.25) is 4.79 Å². The fourth-order valence-corrected chi connectivity index (χ4v) is 2.70. The molecule has 0 bridgehead atoms. The van der Waals surface area contributed by atoms with Crippen LogP contribution >= 0.6 is 0 Å². The fraction of sp³-hybridized carbons (Fsp3) is 0.222. The van der Waals surface area contributed by atoms with Gasteiger partial charge in [0, 0.05) is 0 Å². The largest absolute Gasteiger partial charge is 0.508 e. The molecule has 0 radical (unpaired) electrons. The monoisotopic (exact) mass is 312 g/mol. The first-order chi connectivity index (χ1) is 11.1. The van der Waals surface area contributed by atoms with Crippen LogP contribution in [0.3, 0.4) is 0 Å². The van der Waals surface area contributed by atoms with Gasteiger partial charge in [-0.05, 0) is 42.3 Å². The van der Waals surface area contributed by atoms with Crippen LogP contribution in [0, 0.1) is 5.92 Å². The van der Waals surface area contributed by atoms with Crippen molar-refractivity contribution in [2.24, 2.45) is 5.92 Å². The minimum atomic E-state index is -0.409. The molecule has 1 heterocycles. The van der Waals surface area contributed by atoms with Crippen LogP contribution in [0.5, 0.6) is 11.5 Å². The molecule has 23 heavy (non-hydrogen) atoms. The van der Waals surface area contributed by atoms with Crippen LogP contribution in [-0.2, 0) is 11.2 Å². The second-order valence-electron chi connectivity index (χ2n) is 5.45. The van der Waals surface area contributed by atoms with Crippen molar-refractivity contribution < 1.29 is 24.2 Å². The average molecular weight is 312 g/mol. The molecule has 1 aliphatic heterocycles. The minimum absolute atomic E-state index is 0.0361. The number of Topliss-reactive ketones (excluding diaryl/α,β-unsaturated/α-hetero) is 1. The van der Waals surface area contributed by atoms with Crippen molar-refractivity contribution in [1.82, 2.24) is 0 Å². The Kier molecular flexibility index (Phi) is 4.02. The predicted molar refractivity (Wildman–Crippen MR) is 82.9 cm³/mol. The van der Waals surface area contributed by atoms with E-state index < -0.39 is 5.97 Å².